The number of benzene rings is 1. The van der Waals surface area contributed by atoms with Crippen LogP contribution in [0.5, 0.6) is 0 Å². The molecule has 5 nitrogen and oxygen atoms in total. The van der Waals surface area contributed by atoms with Gasteiger partial charge in [0.05, 0.1) is 29.4 Å². The van der Waals surface area contributed by atoms with Crippen molar-refractivity contribution in [2.45, 2.75) is 20.4 Å². The first-order chi connectivity index (χ1) is 10.2. The second-order valence-electron chi connectivity index (χ2n) is 4.79. The lowest BCUT2D eigenvalue weighted by Crippen LogP contribution is -2.02. The Morgan fingerprint density at radius 3 is 2.76 bits per heavy atom. The Morgan fingerprint density at radius 1 is 1.24 bits per heavy atom. The molecule has 1 aromatic carbocycles. The third-order valence-electron chi connectivity index (χ3n) is 3.33. The summed E-state index contributed by atoms with van der Waals surface area (Å²) in [5.41, 5.74) is 2.28. The number of anilines is 1. The van der Waals surface area contributed by atoms with Gasteiger partial charge >= 0.3 is 0 Å². The average molecular weight is 278 g/mol. The minimum absolute atomic E-state index is 0.435. The Morgan fingerprint density at radius 2 is 2.05 bits per heavy atom. The number of aryl methyl sites for hydroxylation is 2. The van der Waals surface area contributed by atoms with Crippen LogP contribution in [-0.4, -0.2) is 9.97 Å². The van der Waals surface area contributed by atoms with E-state index in [-0.39, 0.29) is 0 Å². The maximum atomic E-state index is 9.25. The Hall–Kier alpha value is -2.87. The summed E-state index contributed by atoms with van der Waals surface area (Å²) in [7, 11) is 0. The van der Waals surface area contributed by atoms with Gasteiger partial charge in [0.1, 0.15) is 11.6 Å². The van der Waals surface area contributed by atoms with Crippen LogP contribution in [0.15, 0.2) is 34.7 Å². The molecule has 0 saturated carbocycles. The molecule has 0 saturated heterocycles. The number of pyridine rings is 1. The lowest BCUT2D eigenvalue weighted by molar-refractivity contribution is 0.478. The van der Waals surface area contributed by atoms with E-state index in [0.29, 0.717) is 23.8 Å². The zero-order valence-corrected chi connectivity index (χ0v) is 11.8. The van der Waals surface area contributed by atoms with Crippen molar-refractivity contribution in [1.82, 2.24) is 9.97 Å². The number of hydrogen-bond donors (Lipinski definition) is 1. The molecule has 104 valence electrons. The quantitative estimate of drug-likeness (QED) is 0.795. The van der Waals surface area contributed by atoms with Crippen molar-refractivity contribution in [2.24, 2.45) is 0 Å². The molecular weight excluding hydrogens is 264 g/mol. The van der Waals surface area contributed by atoms with Crippen LogP contribution in [0.4, 0.5) is 5.82 Å². The highest BCUT2D eigenvalue weighted by molar-refractivity contribution is 5.86. The molecule has 21 heavy (non-hydrogen) atoms. The largest absolute Gasteiger partial charge is 0.444 e. The van der Waals surface area contributed by atoms with Crippen LogP contribution < -0.4 is 5.32 Å². The fraction of sp³-hybridized carbons (Fsp3) is 0.188. The first kappa shape index (κ1) is 13.1. The topological polar surface area (TPSA) is 74.7 Å². The van der Waals surface area contributed by atoms with Gasteiger partial charge in [-0.15, -0.1) is 0 Å². The van der Waals surface area contributed by atoms with Gasteiger partial charge in [-0.2, -0.15) is 5.26 Å². The molecule has 0 spiro atoms. The summed E-state index contributed by atoms with van der Waals surface area (Å²) < 4.78 is 5.51. The fourth-order valence-electron chi connectivity index (χ4n) is 2.14. The molecule has 0 atom stereocenters. The number of aromatic nitrogens is 2. The smallest absolute Gasteiger partial charge is 0.213 e. The number of nitriles is 1. The van der Waals surface area contributed by atoms with E-state index < -0.39 is 0 Å². The van der Waals surface area contributed by atoms with Crippen molar-refractivity contribution in [3.63, 3.8) is 0 Å². The monoisotopic (exact) mass is 278 g/mol. The lowest BCUT2D eigenvalue weighted by Gasteiger charge is -2.06. The first-order valence-electron chi connectivity index (χ1n) is 6.64. The SMILES string of the molecule is Cc1nc(CNc2cc(C#N)c3ccccc3n2)oc1C. The number of hydrogen-bond acceptors (Lipinski definition) is 5. The third kappa shape index (κ3) is 2.56. The maximum absolute atomic E-state index is 9.25. The van der Waals surface area contributed by atoms with Gasteiger partial charge in [-0.1, -0.05) is 18.2 Å². The van der Waals surface area contributed by atoms with Crippen molar-refractivity contribution < 1.29 is 4.42 Å². The molecular formula is C16H14N4O. The van der Waals surface area contributed by atoms with Gasteiger partial charge in [0.15, 0.2) is 0 Å². The summed E-state index contributed by atoms with van der Waals surface area (Å²) in [4.78, 5) is 8.80. The average Bonchev–Trinajstić information content (AvgIpc) is 2.83. The zero-order valence-electron chi connectivity index (χ0n) is 11.8. The highest BCUT2D eigenvalue weighted by atomic mass is 16.4. The van der Waals surface area contributed by atoms with Gasteiger partial charge in [0, 0.05) is 5.39 Å². The van der Waals surface area contributed by atoms with Crippen LogP contribution >= 0.6 is 0 Å². The van der Waals surface area contributed by atoms with E-state index in [0.717, 1.165) is 22.4 Å². The van der Waals surface area contributed by atoms with E-state index in [1.54, 1.807) is 6.07 Å². The number of rotatable bonds is 3. The van der Waals surface area contributed by atoms with Crippen molar-refractivity contribution in [1.29, 1.82) is 5.26 Å². The van der Waals surface area contributed by atoms with Crippen LogP contribution in [0.1, 0.15) is 22.9 Å². The van der Waals surface area contributed by atoms with Crippen molar-refractivity contribution in [2.75, 3.05) is 5.32 Å². The second kappa shape index (κ2) is 5.25. The molecule has 2 heterocycles. The highest BCUT2D eigenvalue weighted by Crippen LogP contribution is 2.20. The Balaban J connectivity index is 1.89. The maximum Gasteiger partial charge on any atom is 0.213 e. The van der Waals surface area contributed by atoms with Crippen molar-refractivity contribution in [3.8, 4) is 6.07 Å². The van der Waals surface area contributed by atoms with Crippen molar-refractivity contribution >= 4 is 16.7 Å². The third-order valence-corrected chi connectivity index (χ3v) is 3.33. The molecule has 0 unspecified atom stereocenters. The van der Waals surface area contributed by atoms with E-state index in [1.165, 1.54) is 0 Å². The molecule has 0 radical (unpaired) electrons. The van der Waals surface area contributed by atoms with E-state index >= 15 is 0 Å². The minimum Gasteiger partial charge on any atom is -0.444 e. The highest BCUT2D eigenvalue weighted by Gasteiger charge is 2.08. The van der Waals surface area contributed by atoms with E-state index in [9.17, 15) is 5.26 Å². The van der Waals surface area contributed by atoms with Gasteiger partial charge in [-0.3, -0.25) is 0 Å². The molecule has 5 heteroatoms. The molecule has 3 rings (SSSR count). The number of nitrogens with one attached hydrogen (secondary N) is 1. The summed E-state index contributed by atoms with van der Waals surface area (Å²) in [6.45, 7) is 4.23. The number of oxazole rings is 1. The normalized spacial score (nSPS) is 10.5. The van der Waals surface area contributed by atoms with Gasteiger partial charge in [-0.25, -0.2) is 9.97 Å². The van der Waals surface area contributed by atoms with Gasteiger partial charge < -0.3 is 9.73 Å². The first-order valence-corrected chi connectivity index (χ1v) is 6.64. The second-order valence-corrected chi connectivity index (χ2v) is 4.79. The standard InChI is InChI=1S/C16H14N4O/c1-10-11(2)21-16(19-10)9-18-15-7-12(8-17)13-5-3-4-6-14(13)20-15/h3-7H,9H2,1-2H3,(H,18,20). The van der Waals surface area contributed by atoms with E-state index in [2.05, 4.69) is 21.4 Å². The molecule has 0 fully saturated rings. The Kier molecular flexibility index (Phi) is 3.28. The predicted molar refractivity (Wildman–Crippen MR) is 79.8 cm³/mol. The van der Waals surface area contributed by atoms with Crippen LogP contribution in [0.25, 0.3) is 10.9 Å². The lowest BCUT2D eigenvalue weighted by atomic mass is 10.1. The van der Waals surface area contributed by atoms with Crippen LogP contribution in [0.3, 0.4) is 0 Å². The molecule has 0 aliphatic heterocycles. The molecule has 0 bridgehead atoms. The summed E-state index contributed by atoms with van der Waals surface area (Å²) in [5, 5.41) is 13.3. The molecule has 0 aliphatic carbocycles. The van der Waals surface area contributed by atoms with Crippen molar-refractivity contribution in [3.05, 3.63) is 53.2 Å². The summed E-state index contributed by atoms with van der Waals surface area (Å²) in [5.74, 6) is 2.06. The summed E-state index contributed by atoms with van der Waals surface area (Å²) >= 11 is 0. The Bertz CT molecular complexity index is 826. The molecule has 0 amide bonds. The number of para-hydroxylation sites is 1. The number of fused-ring (bicyclic) bond motifs is 1. The van der Waals surface area contributed by atoms with E-state index in [1.807, 2.05) is 38.1 Å². The number of nitrogens with zero attached hydrogens (tertiary/aromatic N) is 3. The van der Waals surface area contributed by atoms with Crippen LogP contribution in [0, 0.1) is 25.2 Å². The van der Waals surface area contributed by atoms with Gasteiger partial charge in [0.2, 0.25) is 5.89 Å². The summed E-state index contributed by atoms with van der Waals surface area (Å²) in [6.07, 6.45) is 0. The fourth-order valence-corrected chi connectivity index (χ4v) is 2.14. The summed E-state index contributed by atoms with van der Waals surface area (Å²) in [6, 6.07) is 11.5. The molecule has 0 aliphatic rings. The van der Waals surface area contributed by atoms with Crippen LogP contribution in [0.2, 0.25) is 0 Å². The van der Waals surface area contributed by atoms with E-state index in [4.69, 9.17) is 4.42 Å². The molecule has 2 aromatic heterocycles. The minimum atomic E-state index is 0.435. The Labute approximate surface area is 122 Å². The van der Waals surface area contributed by atoms with Crippen LogP contribution in [-0.2, 0) is 6.54 Å². The molecule has 1 N–H and O–H groups in total. The molecule has 3 aromatic rings. The van der Waals surface area contributed by atoms with Gasteiger partial charge in [-0.05, 0) is 26.0 Å². The predicted octanol–water partition coefficient (Wildman–Crippen LogP) is 3.32. The van der Waals surface area contributed by atoms with Gasteiger partial charge in [0.25, 0.3) is 0 Å². The zero-order chi connectivity index (χ0) is 14.8.